The van der Waals surface area contributed by atoms with Gasteiger partial charge >= 0.3 is 0 Å². The maximum atomic E-state index is 13.2. The number of halogens is 1. The predicted molar refractivity (Wildman–Crippen MR) is 115 cm³/mol. The Morgan fingerprint density at radius 2 is 1.97 bits per heavy atom. The van der Waals surface area contributed by atoms with E-state index in [0.29, 0.717) is 53.0 Å². The Hall–Kier alpha value is -3.23. The SMILES string of the molecule is CCOc1cc(C2c3c(-c4cc(Cl)ccc4O)n[nH]c3C(=O)N2CCOC)ccc1O. The molecule has 1 unspecified atom stereocenters. The topological polar surface area (TPSA) is 108 Å². The van der Waals surface area contributed by atoms with Crippen LogP contribution in [0.2, 0.25) is 5.02 Å². The molecule has 2 heterocycles. The third-order valence-electron chi connectivity index (χ3n) is 5.21. The first-order chi connectivity index (χ1) is 15.0. The van der Waals surface area contributed by atoms with Gasteiger partial charge < -0.3 is 24.6 Å². The van der Waals surface area contributed by atoms with Crippen LogP contribution in [-0.4, -0.2) is 58.1 Å². The van der Waals surface area contributed by atoms with Crippen molar-refractivity contribution in [3.8, 4) is 28.5 Å². The van der Waals surface area contributed by atoms with E-state index >= 15 is 0 Å². The lowest BCUT2D eigenvalue weighted by atomic mass is 9.95. The van der Waals surface area contributed by atoms with E-state index in [-0.39, 0.29) is 17.4 Å². The molecule has 31 heavy (non-hydrogen) atoms. The summed E-state index contributed by atoms with van der Waals surface area (Å²) in [6, 6.07) is 9.13. The Bertz CT molecular complexity index is 1130. The molecule has 4 rings (SSSR count). The zero-order chi connectivity index (χ0) is 22.1. The van der Waals surface area contributed by atoms with Gasteiger partial charge in [-0.05, 0) is 42.8 Å². The zero-order valence-corrected chi connectivity index (χ0v) is 17.8. The number of benzene rings is 2. The monoisotopic (exact) mass is 443 g/mol. The normalized spacial score (nSPS) is 15.4. The van der Waals surface area contributed by atoms with Crippen LogP contribution < -0.4 is 4.74 Å². The molecule has 0 fully saturated rings. The van der Waals surface area contributed by atoms with E-state index in [1.807, 2.05) is 6.92 Å². The Labute approximate surface area is 184 Å². The number of ether oxygens (including phenoxy) is 2. The molecule has 0 spiro atoms. The second-order valence-electron chi connectivity index (χ2n) is 7.08. The average Bonchev–Trinajstić information content (AvgIpc) is 3.29. The summed E-state index contributed by atoms with van der Waals surface area (Å²) >= 11 is 6.15. The molecule has 9 heteroatoms. The van der Waals surface area contributed by atoms with Gasteiger partial charge in [0, 0.05) is 29.8 Å². The van der Waals surface area contributed by atoms with Gasteiger partial charge in [-0.3, -0.25) is 9.89 Å². The molecule has 3 aromatic rings. The number of carbonyl (C=O) groups excluding carboxylic acids is 1. The van der Waals surface area contributed by atoms with Gasteiger partial charge in [-0.15, -0.1) is 0 Å². The van der Waals surface area contributed by atoms with E-state index in [0.717, 1.165) is 5.56 Å². The number of aromatic amines is 1. The van der Waals surface area contributed by atoms with Crippen LogP contribution >= 0.6 is 11.6 Å². The third-order valence-corrected chi connectivity index (χ3v) is 5.45. The molecule has 8 nitrogen and oxygen atoms in total. The number of phenolic OH excluding ortho intramolecular Hbond substituents is 2. The maximum Gasteiger partial charge on any atom is 0.273 e. The average molecular weight is 444 g/mol. The third kappa shape index (κ3) is 3.68. The van der Waals surface area contributed by atoms with E-state index in [1.54, 1.807) is 36.3 Å². The summed E-state index contributed by atoms with van der Waals surface area (Å²) in [7, 11) is 1.57. The standard InChI is InChI=1S/C22H22ClN3O5/c1-3-31-17-10-12(4-6-16(17)28)21-18-19(14-11-13(23)5-7-15(14)27)24-25-20(18)22(29)26(21)8-9-30-2/h4-7,10-11,21,27-28H,3,8-9H2,1-2H3,(H,24,25). The lowest BCUT2D eigenvalue weighted by molar-refractivity contribution is 0.0677. The van der Waals surface area contributed by atoms with Crippen LogP contribution in [0.5, 0.6) is 17.2 Å². The van der Waals surface area contributed by atoms with Crippen LogP contribution in [0.3, 0.4) is 0 Å². The number of aromatic hydroxyl groups is 2. The lowest BCUT2D eigenvalue weighted by Crippen LogP contribution is -2.32. The molecule has 0 saturated carbocycles. The van der Waals surface area contributed by atoms with E-state index < -0.39 is 6.04 Å². The van der Waals surface area contributed by atoms with Crippen molar-refractivity contribution >= 4 is 17.5 Å². The summed E-state index contributed by atoms with van der Waals surface area (Å²) in [5.74, 6) is 0.103. The fourth-order valence-corrected chi connectivity index (χ4v) is 4.01. The number of carbonyl (C=O) groups is 1. The minimum absolute atomic E-state index is 0.000881. The van der Waals surface area contributed by atoms with Crippen LogP contribution in [0.1, 0.15) is 34.6 Å². The fraction of sp³-hybridized carbons (Fsp3) is 0.273. The molecule has 1 amide bonds. The van der Waals surface area contributed by atoms with E-state index in [1.165, 1.54) is 12.1 Å². The number of hydrogen-bond acceptors (Lipinski definition) is 6. The molecule has 2 aromatic carbocycles. The van der Waals surface area contributed by atoms with Crippen molar-refractivity contribution in [1.29, 1.82) is 0 Å². The molecule has 162 valence electrons. The number of fused-ring (bicyclic) bond motifs is 1. The second kappa shape index (κ2) is 8.49. The highest BCUT2D eigenvalue weighted by Crippen LogP contribution is 2.46. The predicted octanol–water partition coefficient (Wildman–Crippen LogP) is 3.73. The molecule has 0 saturated heterocycles. The number of nitrogens with one attached hydrogen (secondary N) is 1. The van der Waals surface area contributed by atoms with Gasteiger partial charge in [0.25, 0.3) is 5.91 Å². The van der Waals surface area contributed by atoms with Gasteiger partial charge in [0.15, 0.2) is 11.5 Å². The van der Waals surface area contributed by atoms with Crippen LogP contribution in [0.4, 0.5) is 0 Å². The summed E-state index contributed by atoms with van der Waals surface area (Å²) in [6.07, 6.45) is 0. The van der Waals surface area contributed by atoms with Crippen LogP contribution in [-0.2, 0) is 4.74 Å². The summed E-state index contributed by atoms with van der Waals surface area (Å²) in [6.45, 7) is 2.89. The van der Waals surface area contributed by atoms with Crippen molar-refractivity contribution in [2.45, 2.75) is 13.0 Å². The molecule has 1 aromatic heterocycles. The highest BCUT2D eigenvalue weighted by Gasteiger charge is 2.42. The quantitative estimate of drug-likeness (QED) is 0.513. The molecular formula is C22H22ClN3O5. The first-order valence-electron chi connectivity index (χ1n) is 9.79. The number of hydrogen-bond donors (Lipinski definition) is 3. The van der Waals surface area contributed by atoms with Crippen molar-refractivity contribution in [3.63, 3.8) is 0 Å². The minimum atomic E-state index is -0.524. The zero-order valence-electron chi connectivity index (χ0n) is 17.1. The largest absolute Gasteiger partial charge is 0.507 e. The van der Waals surface area contributed by atoms with E-state index in [9.17, 15) is 15.0 Å². The number of H-pyrrole nitrogens is 1. The number of methoxy groups -OCH3 is 1. The molecule has 3 N–H and O–H groups in total. The van der Waals surface area contributed by atoms with Gasteiger partial charge in [0.2, 0.25) is 0 Å². The summed E-state index contributed by atoms with van der Waals surface area (Å²) in [5, 5.41) is 28.1. The van der Waals surface area contributed by atoms with Crippen molar-refractivity contribution in [2.75, 3.05) is 26.9 Å². The number of nitrogens with zero attached hydrogens (tertiary/aromatic N) is 2. The van der Waals surface area contributed by atoms with E-state index in [4.69, 9.17) is 21.1 Å². The highest BCUT2D eigenvalue weighted by atomic mass is 35.5. The Morgan fingerprint density at radius 1 is 1.19 bits per heavy atom. The molecular weight excluding hydrogens is 422 g/mol. The molecule has 0 bridgehead atoms. The molecule has 1 aliphatic heterocycles. The molecule has 0 aliphatic carbocycles. The van der Waals surface area contributed by atoms with Gasteiger partial charge in [0.05, 0.1) is 19.3 Å². The minimum Gasteiger partial charge on any atom is -0.507 e. The first kappa shape index (κ1) is 21.0. The Morgan fingerprint density at radius 3 is 2.71 bits per heavy atom. The highest BCUT2D eigenvalue weighted by molar-refractivity contribution is 6.31. The lowest BCUT2D eigenvalue weighted by Gasteiger charge is -2.26. The van der Waals surface area contributed by atoms with Crippen molar-refractivity contribution in [3.05, 3.63) is 58.2 Å². The van der Waals surface area contributed by atoms with Gasteiger partial charge in [-0.2, -0.15) is 5.10 Å². The van der Waals surface area contributed by atoms with Gasteiger partial charge in [0.1, 0.15) is 17.1 Å². The first-order valence-corrected chi connectivity index (χ1v) is 10.2. The van der Waals surface area contributed by atoms with Crippen LogP contribution in [0, 0.1) is 0 Å². The van der Waals surface area contributed by atoms with Crippen molar-refractivity contribution in [1.82, 2.24) is 15.1 Å². The fourth-order valence-electron chi connectivity index (χ4n) is 3.84. The smallest absolute Gasteiger partial charge is 0.273 e. The number of amides is 1. The number of aromatic nitrogens is 2. The van der Waals surface area contributed by atoms with Crippen LogP contribution in [0.25, 0.3) is 11.3 Å². The second-order valence-corrected chi connectivity index (χ2v) is 7.51. The number of phenols is 2. The summed E-state index contributed by atoms with van der Waals surface area (Å²) in [4.78, 5) is 14.9. The van der Waals surface area contributed by atoms with E-state index in [2.05, 4.69) is 10.2 Å². The molecule has 1 atom stereocenters. The Kier molecular flexibility index (Phi) is 5.75. The summed E-state index contributed by atoms with van der Waals surface area (Å²) in [5.41, 5.74) is 2.53. The molecule has 0 radical (unpaired) electrons. The van der Waals surface area contributed by atoms with Gasteiger partial charge in [-0.1, -0.05) is 17.7 Å². The van der Waals surface area contributed by atoms with Crippen molar-refractivity contribution < 1.29 is 24.5 Å². The maximum absolute atomic E-state index is 13.2. The summed E-state index contributed by atoms with van der Waals surface area (Å²) < 4.78 is 10.7. The van der Waals surface area contributed by atoms with Crippen molar-refractivity contribution in [2.24, 2.45) is 0 Å². The number of rotatable bonds is 7. The molecule has 1 aliphatic rings. The Balaban J connectivity index is 1.89. The van der Waals surface area contributed by atoms with Crippen LogP contribution in [0.15, 0.2) is 36.4 Å². The van der Waals surface area contributed by atoms with Gasteiger partial charge in [-0.25, -0.2) is 0 Å².